The Balaban J connectivity index is 2.50. The molecule has 1 heterocycles. The number of amides is 2. The Morgan fingerprint density at radius 2 is 1.94 bits per heavy atom. The monoisotopic (exact) mass is 250 g/mol. The lowest BCUT2D eigenvalue weighted by atomic mass is 10.1. The van der Waals surface area contributed by atoms with Gasteiger partial charge in [-0.25, -0.2) is 4.39 Å². The van der Waals surface area contributed by atoms with Gasteiger partial charge in [-0.1, -0.05) is 6.07 Å². The number of nitrogens with one attached hydrogen (secondary N) is 1. The lowest BCUT2D eigenvalue weighted by molar-refractivity contribution is -0.133. The maximum Gasteiger partial charge on any atom is 0.250 e. The minimum Gasteiger partial charge on any atom is -0.343 e. The molecule has 1 aliphatic rings. The van der Waals surface area contributed by atoms with Gasteiger partial charge in [-0.2, -0.15) is 0 Å². The predicted octanol–water partition coefficient (Wildman–Crippen LogP) is 1.37. The van der Waals surface area contributed by atoms with Crippen LogP contribution in [0.5, 0.6) is 0 Å². The van der Waals surface area contributed by atoms with Crippen molar-refractivity contribution in [2.75, 3.05) is 4.90 Å². The molecule has 4 nitrogen and oxygen atoms in total. The van der Waals surface area contributed by atoms with E-state index in [1.165, 1.54) is 17.0 Å². The van der Waals surface area contributed by atoms with Gasteiger partial charge in [0, 0.05) is 5.56 Å². The number of nitrogens with zero attached hydrogens (tertiary/aromatic N) is 1. The van der Waals surface area contributed by atoms with Crippen molar-refractivity contribution in [3.05, 3.63) is 29.6 Å². The summed E-state index contributed by atoms with van der Waals surface area (Å²) < 4.78 is 13.5. The third kappa shape index (κ3) is 1.85. The molecule has 0 aliphatic carbocycles. The number of hydrogen-bond donors (Lipinski definition) is 1. The molecule has 2 unspecified atom stereocenters. The zero-order valence-electron chi connectivity index (χ0n) is 10.5. The molecule has 2 amide bonds. The fourth-order valence-electron chi connectivity index (χ4n) is 2.10. The molecule has 1 N–H and O–H groups in total. The fraction of sp³-hybridized carbons (Fsp3) is 0.385. The Hall–Kier alpha value is -1.91. The number of halogens is 1. The van der Waals surface area contributed by atoms with E-state index in [1.54, 1.807) is 26.8 Å². The second kappa shape index (κ2) is 4.40. The molecule has 0 aromatic heterocycles. The summed E-state index contributed by atoms with van der Waals surface area (Å²) in [5, 5.41) is 2.59. The first kappa shape index (κ1) is 12.5. The molecule has 1 saturated heterocycles. The van der Waals surface area contributed by atoms with Gasteiger partial charge in [-0.3, -0.25) is 14.5 Å². The van der Waals surface area contributed by atoms with Crippen molar-refractivity contribution in [3.8, 4) is 0 Å². The van der Waals surface area contributed by atoms with Gasteiger partial charge in [0.15, 0.2) is 0 Å². The Bertz CT molecular complexity index is 516. The van der Waals surface area contributed by atoms with Crippen molar-refractivity contribution in [1.82, 2.24) is 5.32 Å². The second-order valence-electron chi connectivity index (χ2n) is 4.50. The Labute approximate surface area is 105 Å². The van der Waals surface area contributed by atoms with Gasteiger partial charge >= 0.3 is 0 Å². The molecule has 1 aromatic carbocycles. The van der Waals surface area contributed by atoms with E-state index in [0.29, 0.717) is 11.3 Å². The van der Waals surface area contributed by atoms with Gasteiger partial charge in [0.25, 0.3) is 0 Å². The average Bonchev–Trinajstić information content (AvgIpc) is 2.32. The molecule has 1 aliphatic heterocycles. The second-order valence-corrected chi connectivity index (χ2v) is 4.50. The standard InChI is InChI=1S/C13H15FN2O2/c1-7-10(14)5-4-6-11(7)16-9(3)12(17)15-8(2)13(16)18/h4-6,8-9H,1-3H3,(H,15,17). The van der Waals surface area contributed by atoms with Gasteiger partial charge in [0.1, 0.15) is 17.9 Å². The van der Waals surface area contributed by atoms with Crippen LogP contribution in [-0.4, -0.2) is 23.9 Å². The fourth-order valence-corrected chi connectivity index (χ4v) is 2.10. The van der Waals surface area contributed by atoms with Crippen LogP contribution in [-0.2, 0) is 9.59 Å². The Kier molecular flexibility index (Phi) is 3.07. The molecule has 0 spiro atoms. The summed E-state index contributed by atoms with van der Waals surface area (Å²) in [6.07, 6.45) is 0. The van der Waals surface area contributed by atoms with Crippen molar-refractivity contribution < 1.29 is 14.0 Å². The highest BCUT2D eigenvalue weighted by molar-refractivity contribution is 6.08. The van der Waals surface area contributed by atoms with Gasteiger partial charge in [-0.15, -0.1) is 0 Å². The van der Waals surface area contributed by atoms with Gasteiger partial charge in [0.05, 0.1) is 5.69 Å². The SMILES string of the molecule is Cc1c(F)cccc1N1C(=O)C(C)NC(=O)C1C. The molecule has 1 aromatic rings. The maximum absolute atomic E-state index is 13.5. The van der Waals surface area contributed by atoms with Gasteiger partial charge in [-0.05, 0) is 32.9 Å². The van der Waals surface area contributed by atoms with Crippen LogP contribution in [0.15, 0.2) is 18.2 Å². The van der Waals surface area contributed by atoms with Crippen molar-refractivity contribution in [1.29, 1.82) is 0 Å². The smallest absolute Gasteiger partial charge is 0.250 e. The molecule has 1 fully saturated rings. The van der Waals surface area contributed by atoms with E-state index in [2.05, 4.69) is 5.32 Å². The zero-order valence-corrected chi connectivity index (χ0v) is 10.5. The summed E-state index contributed by atoms with van der Waals surface area (Å²) in [7, 11) is 0. The highest BCUT2D eigenvalue weighted by Crippen LogP contribution is 2.26. The zero-order chi connectivity index (χ0) is 13.4. The average molecular weight is 250 g/mol. The van der Waals surface area contributed by atoms with Crippen molar-refractivity contribution >= 4 is 17.5 Å². The van der Waals surface area contributed by atoms with Gasteiger partial charge in [0.2, 0.25) is 11.8 Å². The van der Waals surface area contributed by atoms with Crippen LogP contribution < -0.4 is 10.2 Å². The van der Waals surface area contributed by atoms with Crippen LogP contribution in [0, 0.1) is 12.7 Å². The maximum atomic E-state index is 13.5. The van der Waals surface area contributed by atoms with Crippen LogP contribution >= 0.6 is 0 Å². The summed E-state index contributed by atoms with van der Waals surface area (Å²) in [5.41, 5.74) is 0.828. The van der Waals surface area contributed by atoms with Crippen molar-refractivity contribution in [3.63, 3.8) is 0 Å². The van der Waals surface area contributed by atoms with E-state index in [0.717, 1.165) is 0 Å². The number of rotatable bonds is 1. The lowest BCUT2D eigenvalue weighted by Crippen LogP contribution is -2.61. The van der Waals surface area contributed by atoms with Crippen LogP contribution in [0.4, 0.5) is 10.1 Å². The molecule has 5 heteroatoms. The highest BCUT2D eigenvalue weighted by Gasteiger charge is 2.37. The predicted molar refractivity (Wildman–Crippen MR) is 65.7 cm³/mol. The van der Waals surface area contributed by atoms with Gasteiger partial charge < -0.3 is 5.32 Å². The van der Waals surface area contributed by atoms with E-state index in [-0.39, 0.29) is 17.6 Å². The van der Waals surface area contributed by atoms with Crippen LogP contribution in [0.2, 0.25) is 0 Å². The van der Waals surface area contributed by atoms with E-state index in [9.17, 15) is 14.0 Å². The molecule has 2 rings (SSSR count). The minimum atomic E-state index is -0.630. The first-order chi connectivity index (χ1) is 8.43. The topological polar surface area (TPSA) is 49.4 Å². The number of benzene rings is 1. The molecule has 0 saturated carbocycles. The summed E-state index contributed by atoms with van der Waals surface area (Å²) in [6, 6.07) is 3.31. The number of carbonyl (C=O) groups excluding carboxylic acids is 2. The number of piperazine rings is 1. The largest absolute Gasteiger partial charge is 0.343 e. The van der Waals surface area contributed by atoms with Crippen molar-refractivity contribution in [2.24, 2.45) is 0 Å². The molecule has 18 heavy (non-hydrogen) atoms. The normalized spacial score (nSPS) is 24.1. The Morgan fingerprint density at radius 1 is 1.28 bits per heavy atom. The molecule has 0 bridgehead atoms. The lowest BCUT2D eigenvalue weighted by Gasteiger charge is -2.36. The number of carbonyl (C=O) groups is 2. The molecular formula is C13H15FN2O2. The Morgan fingerprint density at radius 3 is 2.61 bits per heavy atom. The molecular weight excluding hydrogens is 235 g/mol. The molecule has 0 radical (unpaired) electrons. The third-order valence-electron chi connectivity index (χ3n) is 3.23. The highest BCUT2D eigenvalue weighted by atomic mass is 19.1. The van der Waals surface area contributed by atoms with Crippen LogP contribution in [0.25, 0.3) is 0 Å². The van der Waals surface area contributed by atoms with Crippen LogP contribution in [0.1, 0.15) is 19.4 Å². The molecule has 2 atom stereocenters. The summed E-state index contributed by atoms with van der Waals surface area (Å²) in [6.45, 7) is 4.85. The summed E-state index contributed by atoms with van der Waals surface area (Å²) in [4.78, 5) is 25.2. The summed E-state index contributed by atoms with van der Waals surface area (Å²) in [5.74, 6) is -0.840. The van der Waals surface area contributed by atoms with Crippen molar-refractivity contribution in [2.45, 2.75) is 32.9 Å². The minimum absolute atomic E-state index is 0.226. The number of hydrogen-bond acceptors (Lipinski definition) is 2. The van der Waals surface area contributed by atoms with E-state index < -0.39 is 12.1 Å². The number of anilines is 1. The first-order valence-corrected chi connectivity index (χ1v) is 5.82. The third-order valence-corrected chi connectivity index (χ3v) is 3.23. The summed E-state index contributed by atoms with van der Waals surface area (Å²) >= 11 is 0. The quantitative estimate of drug-likeness (QED) is 0.818. The van der Waals surface area contributed by atoms with E-state index >= 15 is 0 Å². The van der Waals surface area contributed by atoms with E-state index in [4.69, 9.17) is 0 Å². The first-order valence-electron chi connectivity index (χ1n) is 5.82. The molecule has 96 valence electrons. The van der Waals surface area contributed by atoms with Crippen LogP contribution in [0.3, 0.4) is 0 Å². The van der Waals surface area contributed by atoms with E-state index in [1.807, 2.05) is 0 Å².